The van der Waals surface area contributed by atoms with E-state index in [2.05, 4.69) is 0 Å². The summed E-state index contributed by atoms with van der Waals surface area (Å²) in [5.41, 5.74) is 5.39. The fourth-order valence-electron chi connectivity index (χ4n) is 1.48. The zero-order valence-electron chi connectivity index (χ0n) is 9.61. The van der Waals surface area contributed by atoms with Crippen LogP contribution in [-0.4, -0.2) is 54.9 Å². The normalized spacial score (nSPS) is 13.1. The van der Waals surface area contributed by atoms with Crippen LogP contribution in [0, 0.1) is 0 Å². The van der Waals surface area contributed by atoms with Gasteiger partial charge in [-0.2, -0.15) is 0 Å². The third-order valence-corrected chi connectivity index (χ3v) is 2.30. The highest BCUT2D eigenvalue weighted by atomic mass is 16.5. The number of nitrogens with zero attached hydrogens (tertiary/aromatic N) is 1. The van der Waals surface area contributed by atoms with Crippen LogP contribution < -0.4 is 5.73 Å². The molecule has 0 aromatic carbocycles. The minimum absolute atomic E-state index is 0.391. The molecule has 15 heavy (non-hydrogen) atoms. The van der Waals surface area contributed by atoms with Gasteiger partial charge in [0.2, 0.25) is 0 Å². The molecule has 0 aliphatic heterocycles. The highest BCUT2D eigenvalue weighted by Crippen LogP contribution is 2.03. The second kappa shape index (κ2) is 8.64. The molecule has 0 spiro atoms. The van der Waals surface area contributed by atoms with Crippen LogP contribution in [-0.2, 0) is 9.53 Å². The lowest BCUT2D eigenvalue weighted by molar-refractivity contribution is -0.143. The summed E-state index contributed by atoms with van der Waals surface area (Å²) < 4.78 is 5.21. The van der Waals surface area contributed by atoms with Crippen LogP contribution in [0.15, 0.2) is 0 Å². The zero-order valence-corrected chi connectivity index (χ0v) is 9.61. The van der Waals surface area contributed by atoms with Crippen molar-refractivity contribution in [3.63, 3.8) is 0 Å². The molecule has 1 atom stereocenters. The third kappa shape index (κ3) is 5.71. The van der Waals surface area contributed by atoms with Crippen LogP contribution in [0.25, 0.3) is 0 Å². The van der Waals surface area contributed by atoms with Crippen LogP contribution in [0.4, 0.5) is 0 Å². The highest BCUT2D eigenvalue weighted by molar-refractivity contribution is 5.73. The molecular formula is C10H22N2O3. The maximum absolute atomic E-state index is 11.0. The molecule has 0 heterocycles. The molecule has 0 radical (unpaired) electrons. The van der Waals surface area contributed by atoms with E-state index in [0.29, 0.717) is 39.3 Å². The molecule has 3 N–H and O–H groups in total. The molecule has 0 aromatic rings. The van der Waals surface area contributed by atoms with Gasteiger partial charge in [0.15, 0.2) is 0 Å². The van der Waals surface area contributed by atoms with E-state index in [1.807, 2.05) is 18.7 Å². The Morgan fingerprint density at radius 1 is 1.53 bits per heavy atom. The number of hydrogen-bond donors (Lipinski definition) is 2. The molecular weight excluding hydrogens is 196 g/mol. The van der Waals surface area contributed by atoms with Crippen molar-refractivity contribution in [2.24, 2.45) is 5.73 Å². The topological polar surface area (TPSA) is 75.8 Å². The Morgan fingerprint density at radius 2 is 2.20 bits per heavy atom. The largest absolute Gasteiger partial charge is 0.480 e. The molecule has 1 unspecified atom stereocenters. The van der Waals surface area contributed by atoms with Gasteiger partial charge in [-0.05, 0) is 26.4 Å². The van der Waals surface area contributed by atoms with Gasteiger partial charge in [-0.1, -0.05) is 6.92 Å². The SMILES string of the molecule is CCOCCN(CC)C(CCN)C(=O)O. The van der Waals surface area contributed by atoms with E-state index in [1.54, 1.807) is 0 Å². The van der Waals surface area contributed by atoms with E-state index in [0.717, 1.165) is 0 Å². The Kier molecular flexibility index (Phi) is 8.27. The number of carbonyl (C=O) groups is 1. The molecule has 0 aliphatic carbocycles. The van der Waals surface area contributed by atoms with Gasteiger partial charge in [0, 0.05) is 13.2 Å². The molecule has 0 rings (SSSR count). The van der Waals surface area contributed by atoms with Crippen LogP contribution >= 0.6 is 0 Å². The van der Waals surface area contributed by atoms with Gasteiger partial charge in [-0.25, -0.2) is 0 Å². The molecule has 5 nitrogen and oxygen atoms in total. The van der Waals surface area contributed by atoms with Gasteiger partial charge >= 0.3 is 5.97 Å². The van der Waals surface area contributed by atoms with Crippen LogP contribution in [0.5, 0.6) is 0 Å². The maximum Gasteiger partial charge on any atom is 0.320 e. The highest BCUT2D eigenvalue weighted by Gasteiger charge is 2.22. The third-order valence-electron chi connectivity index (χ3n) is 2.30. The van der Waals surface area contributed by atoms with Gasteiger partial charge in [0.25, 0.3) is 0 Å². The van der Waals surface area contributed by atoms with Gasteiger partial charge in [-0.3, -0.25) is 9.69 Å². The van der Waals surface area contributed by atoms with Crippen molar-refractivity contribution >= 4 is 5.97 Å². The Labute approximate surface area is 91.2 Å². The molecule has 0 fully saturated rings. The fourth-order valence-corrected chi connectivity index (χ4v) is 1.48. The lowest BCUT2D eigenvalue weighted by atomic mass is 10.1. The summed E-state index contributed by atoms with van der Waals surface area (Å²) >= 11 is 0. The van der Waals surface area contributed by atoms with Crippen molar-refractivity contribution in [1.29, 1.82) is 0 Å². The summed E-state index contributed by atoms with van der Waals surface area (Å²) in [5, 5.41) is 9.02. The summed E-state index contributed by atoms with van der Waals surface area (Å²) in [6.45, 7) is 6.82. The molecule has 0 saturated heterocycles. The smallest absolute Gasteiger partial charge is 0.320 e. The van der Waals surface area contributed by atoms with E-state index < -0.39 is 12.0 Å². The number of carboxylic acid groups (broad SMARTS) is 1. The number of carboxylic acids is 1. The number of rotatable bonds is 9. The zero-order chi connectivity index (χ0) is 11.7. The Hall–Kier alpha value is -0.650. The Bertz CT molecular complexity index is 176. The van der Waals surface area contributed by atoms with Crippen molar-refractivity contribution in [3.8, 4) is 0 Å². The average Bonchev–Trinajstić information content (AvgIpc) is 2.22. The van der Waals surface area contributed by atoms with Crippen molar-refractivity contribution in [2.45, 2.75) is 26.3 Å². The number of likely N-dealkylation sites (N-methyl/N-ethyl adjacent to an activating group) is 1. The van der Waals surface area contributed by atoms with Crippen molar-refractivity contribution in [3.05, 3.63) is 0 Å². The lowest BCUT2D eigenvalue weighted by Crippen LogP contribution is -2.44. The molecule has 5 heteroatoms. The standard InChI is InChI=1S/C10H22N2O3/c1-3-12(7-8-15-4-2)9(5-6-11)10(13)14/h9H,3-8,11H2,1-2H3,(H,13,14). The predicted octanol–water partition coefficient (Wildman–Crippen LogP) is 0.147. The van der Waals surface area contributed by atoms with Crippen LogP contribution in [0.2, 0.25) is 0 Å². The van der Waals surface area contributed by atoms with Crippen molar-refractivity contribution < 1.29 is 14.6 Å². The number of aliphatic carboxylic acids is 1. The van der Waals surface area contributed by atoms with Gasteiger partial charge < -0.3 is 15.6 Å². The Morgan fingerprint density at radius 3 is 2.60 bits per heavy atom. The first-order chi connectivity index (χ1) is 7.17. The molecule has 0 aliphatic rings. The number of ether oxygens (including phenoxy) is 1. The average molecular weight is 218 g/mol. The van der Waals surface area contributed by atoms with Gasteiger partial charge in [0.05, 0.1) is 6.61 Å². The van der Waals surface area contributed by atoms with Crippen LogP contribution in [0.3, 0.4) is 0 Å². The minimum Gasteiger partial charge on any atom is -0.480 e. The lowest BCUT2D eigenvalue weighted by Gasteiger charge is -2.26. The minimum atomic E-state index is -0.807. The summed E-state index contributed by atoms with van der Waals surface area (Å²) in [6, 6.07) is -0.486. The predicted molar refractivity (Wildman–Crippen MR) is 58.8 cm³/mol. The fraction of sp³-hybridized carbons (Fsp3) is 0.900. The second-order valence-corrected chi connectivity index (χ2v) is 3.26. The Balaban J connectivity index is 4.12. The second-order valence-electron chi connectivity index (χ2n) is 3.26. The van der Waals surface area contributed by atoms with Crippen molar-refractivity contribution in [1.82, 2.24) is 4.90 Å². The number of nitrogens with two attached hydrogens (primary N) is 1. The summed E-state index contributed by atoms with van der Waals surface area (Å²) in [4.78, 5) is 12.9. The van der Waals surface area contributed by atoms with E-state index in [-0.39, 0.29) is 0 Å². The van der Waals surface area contributed by atoms with E-state index in [9.17, 15) is 4.79 Å². The van der Waals surface area contributed by atoms with Crippen molar-refractivity contribution in [2.75, 3.05) is 32.8 Å². The molecule has 0 saturated carbocycles. The summed E-state index contributed by atoms with van der Waals surface area (Å²) in [6.07, 6.45) is 0.481. The molecule has 0 bridgehead atoms. The molecule has 0 amide bonds. The first kappa shape index (κ1) is 14.3. The van der Waals surface area contributed by atoms with E-state index in [1.165, 1.54) is 0 Å². The van der Waals surface area contributed by atoms with E-state index >= 15 is 0 Å². The van der Waals surface area contributed by atoms with Crippen LogP contribution in [0.1, 0.15) is 20.3 Å². The quantitative estimate of drug-likeness (QED) is 0.539. The first-order valence-corrected chi connectivity index (χ1v) is 5.42. The molecule has 0 aromatic heterocycles. The monoisotopic (exact) mass is 218 g/mol. The maximum atomic E-state index is 11.0. The summed E-state index contributed by atoms with van der Waals surface area (Å²) in [5.74, 6) is -0.807. The molecule has 90 valence electrons. The van der Waals surface area contributed by atoms with Gasteiger partial charge in [-0.15, -0.1) is 0 Å². The number of hydrogen-bond acceptors (Lipinski definition) is 4. The van der Waals surface area contributed by atoms with Gasteiger partial charge in [0.1, 0.15) is 6.04 Å². The first-order valence-electron chi connectivity index (χ1n) is 5.42. The summed E-state index contributed by atoms with van der Waals surface area (Å²) in [7, 11) is 0. The van der Waals surface area contributed by atoms with E-state index in [4.69, 9.17) is 15.6 Å².